The molecule has 1 rings (SSSR count). The molecule has 1 unspecified atom stereocenters. The highest BCUT2D eigenvalue weighted by atomic mass is 16.5. The molecule has 5 nitrogen and oxygen atoms in total. The van der Waals surface area contributed by atoms with Gasteiger partial charge in [0.2, 0.25) is 0 Å². The van der Waals surface area contributed by atoms with Crippen molar-refractivity contribution in [3.05, 3.63) is 17.5 Å². The van der Waals surface area contributed by atoms with Crippen molar-refractivity contribution in [3.63, 3.8) is 0 Å². The van der Waals surface area contributed by atoms with Crippen molar-refractivity contribution in [1.29, 1.82) is 0 Å². The average molecular weight is 212 g/mol. The van der Waals surface area contributed by atoms with E-state index in [4.69, 9.17) is 10.6 Å². The Morgan fingerprint density at radius 1 is 1.67 bits per heavy atom. The summed E-state index contributed by atoms with van der Waals surface area (Å²) in [5.74, 6) is 5.54. The fourth-order valence-electron chi connectivity index (χ4n) is 1.72. The van der Waals surface area contributed by atoms with E-state index in [9.17, 15) is 0 Å². The molecule has 1 aromatic rings. The summed E-state index contributed by atoms with van der Waals surface area (Å²) in [6.07, 6.45) is 3.95. The smallest absolute Gasteiger partial charge is 0.0641 e. The van der Waals surface area contributed by atoms with Crippen LogP contribution in [0.3, 0.4) is 0 Å². The number of methoxy groups -OCH3 is 1. The van der Waals surface area contributed by atoms with E-state index in [-0.39, 0.29) is 6.04 Å². The van der Waals surface area contributed by atoms with E-state index in [1.165, 1.54) is 0 Å². The van der Waals surface area contributed by atoms with Gasteiger partial charge in [0.1, 0.15) is 0 Å². The summed E-state index contributed by atoms with van der Waals surface area (Å²) in [6, 6.07) is 0.161. The van der Waals surface area contributed by atoms with Gasteiger partial charge in [-0.1, -0.05) is 0 Å². The lowest BCUT2D eigenvalue weighted by Gasteiger charge is -2.14. The van der Waals surface area contributed by atoms with Crippen LogP contribution in [0.1, 0.15) is 30.1 Å². The van der Waals surface area contributed by atoms with Gasteiger partial charge in [0.25, 0.3) is 0 Å². The molecule has 0 amide bonds. The molecule has 0 radical (unpaired) electrons. The van der Waals surface area contributed by atoms with E-state index in [0.29, 0.717) is 0 Å². The van der Waals surface area contributed by atoms with Crippen molar-refractivity contribution in [2.24, 2.45) is 12.9 Å². The molecule has 0 saturated heterocycles. The van der Waals surface area contributed by atoms with Crippen molar-refractivity contribution in [1.82, 2.24) is 15.2 Å². The highest BCUT2D eigenvalue weighted by molar-refractivity contribution is 5.19. The van der Waals surface area contributed by atoms with Crippen molar-refractivity contribution < 1.29 is 4.74 Å². The molecule has 0 aliphatic rings. The number of nitrogens with two attached hydrogens (primary N) is 1. The Morgan fingerprint density at radius 2 is 2.40 bits per heavy atom. The van der Waals surface area contributed by atoms with Gasteiger partial charge >= 0.3 is 0 Å². The molecule has 15 heavy (non-hydrogen) atoms. The minimum Gasteiger partial charge on any atom is -0.385 e. The Balaban J connectivity index is 2.61. The average Bonchev–Trinajstić information content (AvgIpc) is 2.53. The topological polar surface area (TPSA) is 65.1 Å². The predicted molar refractivity (Wildman–Crippen MR) is 59.1 cm³/mol. The zero-order valence-electron chi connectivity index (χ0n) is 9.66. The summed E-state index contributed by atoms with van der Waals surface area (Å²) < 4.78 is 6.83. The second-order valence-corrected chi connectivity index (χ2v) is 3.70. The number of hydrazine groups is 1. The largest absolute Gasteiger partial charge is 0.385 e. The Morgan fingerprint density at radius 3 is 2.87 bits per heavy atom. The Bertz CT molecular complexity index is 298. The van der Waals surface area contributed by atoms with Crippen LogP contribution in [0.25, 0.3) is 0 Å². The van der Waals surface area contributed by atoms with E-state index in [2.05, 4.69) is 10.5 Å². The fourth-order valence-corrected chi connectivity index (χ4v) is 1.72. The molecular weight excluding hydrogens is 192 g/mol. The molecule has 86 valence electrons. The van der Waals surface area contributed by atoms with Gasteiger partial charge in [-0.05, 0) is 19.8 Å². The molecule has 0 aliphatic carbocycles. The van der Waals surface area contributed by atoms with E-state index in [1.807, 2.05) is 24.9 Å². The van der Waals surface area contributed by atoms with Gasteiger partial charge in [0.05, 0.1) is 5.69 Å². The number of aromatic nitrogens is 2. The van der Waals surface area contributed by atoms with Gasteiger partial charge in [-0.25, -0.2) is 0 Å². The standard InChI is InChI=1S/C10H20N4O/c1-8-9(7-14(2)13-8)10(12-11)5-4-6-15-3/h7,10,12H,4-6,11H2,1-3H3. The van der Waals surface area contributed by atoms with Crippen LogP contribution >= 0.6 is 0 Å². The number of hydrogen-bond acceptors (Lipinski definition) is 4. The van der Waals surface area contributed by atoms with Crippen LogP contribution in [-0.2, 0) is 11.8 Å². The van der Waals surface area contributed by atoms with Crippen LogP contribution < -0.4 is 11.3 Å². The summed E-state index contributed by atoms with van der Waals surface area (Å²) >= 11 is 0. The first kappa shape index (κ1) is 12.2. The van der Waals surface area contributed by atoms with E-state index in [0.717, 1.165) is 30.7 Å². The maximum Gasteiger partial charge on any atom is 0.0641 e. The van der Waals surface area contributed by atoms with E-state index in [1.54, 1.807) is 7.11 Å². The van der Waals surface area contributed by atoms with Gasteiger partial charge in [-0.15, -0.1) is 0 Å². The molecule has 1 heterocycles. The summed E-state index contributed by atoms with van der Waals surface area (Å²) in [5.41, 5.74) is 5.01. The van der Waals surface area contributed by atoms with Crippen LogP contribution in [0.15, 0.2) is 6.20 Å². The van der Waals surface area contributed by atoms with Crippen LogP contribution in [0, 0.1) is 6.92 Å². The second kappa shape index (κ2) is 5.85. The number of aryl methyl sites for hydroxylation is 2. The predicted octanol–water partition coefficient (Wildman–Crippen LogP) is 0.660. The monoisotopic (exact) mass is 212 g/mol. The minimum atomic E-state index is 0.161. The van der Waals surface area contributed by atoms with Crippen LogP contribution in [0.2, 0.25) is 0 Å². The maximum atomic E-state index is 5.54. The zero-order valence-corrected chi connectivity index (χ0v) is 9.66. The molecule has 1 atom stereocenters. The number of nitrogens with one attached hydrogen (secondary N) is 1. The molecule has 0 aromatic carbocycles. The SMILES string of the molecule is COCCCC(NN)c1cn(C)nc1C. The highest BCUT2D eigenvalue weighted by Crippen LogP contribution is 2.20. The molecule has 0 fully saturated rings. The summed E-state index contributed by atoms with van der Waals surface area (Å²) in [5, 5.41) is 4.30. The highest BCUT2D eigenvalue weighted by Gasteiger charge is 2.14. The van der Waals surface area contributed by atoms with Crippen molar-refractivity contribution >= 4 is 0 Å². The number of hydrogen-bond donors (Lipinski definition) is 2. The number of rotatable bonds is 6. The minimum absolute atomic E-state index is 0.161. The summed E-state index contributed by atoms with van der Waals surface area (Å²) in [6.45, 7) is 2.76. The lowest BCUT2D eigenvalue weighted by atomic mass is 10.0. The van der Waals surface area contributed by atoms with Crippen LogP contribution in [-0.4, -0.2) is 23.5 Å². The number of nitrogens with zero attached hydrogens (tertiary/aromatic N) is 2. The van der Waals surface area contributed by atoms with Crippen molar-refractivity contribution in [2.45, 2.75) is 25.8 Å². The Labute approximate surface area is 90.6 Å². The first-order valence-electron chi connectivity index (χ1n) is 5.14. The fraction of sp³-hybridized carbons (Fsp3) is 0.700. The molecule has 0 bridgehead atoms. The third-order valence-electron chi connectivity index (χ3n) is 2.47. The lowest BCUT2D eigenvalue weighted by Crippen LogP contribution is -2.28. The van der Waals surface area contributed by atoms with Gasteiger partial charge in [-0.2, -0.15) is 5.10 Å². The normalized spacial score (nSPS) is 13.1. The van der Waals surface area contributed by atoms with Crippen molar-refractivity contribution in [3.8, 4) is 0 Å². The van der Waals surface area contributed by atoms with E-state index >= 15 is 0 Å². The summed E-state index contributed by atoms with van der Waals surface area (Å²) in [7, 11) is 3.62. The molecule has 0 aliphatic heterocycles. The molecule has 0 spiro atoms. The van der Waals surface area contributed by atoms with Gasteiger partial charge in [-0.3, -0.25) is 16.0 Å². The van der Waals surface area contributed by atoms with Crippen molar-refractivity contribution in [2.75, 3.05) is 13.7 Å². The van der Waals surface area contributed by atoms with Crippen LogP contribution in [0.4, 0.5) is 0 Å². The van der Waals surface area contributed by atoms with Gasteiger partial charge < -0.3 is 4.74 Å². The lowest BCUT2D eigenvalue weighted by molar-refractivity contribution is 0.188. The molecule has 3 N–H and O–H groups in total. The maximum absolute atomic E-state index is 5.54. The third-order valence-corrected chi connectivity index (χ3v) is 2.47. The quantitative estimate of drug-likeness (QED) is 0.413. The van der Waals surface area contributed by atoms with Gasteiger partial charge in [0.15, 0.2) is 0 Å². The second-order valence-electron chi connectivity index (χ2n) is 3.70. The Kier molecular flexibility index (Phi) is 4.74. The van der Waals surface area contributed by atoms with Gasteiger partial charge in [0, 0.05) is 38.6 Å². The first-order chi connectivity index (χ1) is 7.19. The summed E-state index contributed by atoms with van der Waals surface area (Å²) in [4.78, 5) is 0. The first-order valence-corrected chi connectivity index (χ1v) is 5.14. The Hall–Kier alpha value is -0.910. The van der Waals surface area contributed by atoms with E-state index < -0.39 is 0 Å². The molecular formula is C10H20N4O. The molecule has 1 aromatic heterocycles. The van der Waals surface area contributed by atoms with Crippen LogP contribution in [0.5, 0.6) is 0 Å². The zero-order chi connectivity index (χ0) is 11.3. The molecule has 5 heteroatoms. The number of ether oxygens (including phenoxy) is 1. The molecule has 0 saturated carbocycles. The third kappa shape index (κ3) is 3.30.